The summed E-state index contributed by atoms with van der Waals surface area (Å²) in [4.78, 5) is 0. The number of rotatable bonds is 6. The molecule has 0 amide bonds. The molecule has 3 nitrogen and oxygen atoms in total. The summed E-state index contributed by atoms with van der Waals surface area (Å²) in [7, 11) is -2.91. The fourth-order valence-electron chi connectivity index (χ4n) is 0.705. The molecule has 0 unspecified atom stereocenters. The van der Waals surface area contributed by atoms with E-state index in [0.717, 1.165) is 0 Å². The standard InChI is InChI=1S/C7H14ClO3P/c1-3-10-12(9,11-4-2)7-5-6-8/h5-6H,3-4,7H2,1-2H3/b6-5+. The second-order valence-electron chi connectivity index (χ2n) is 1.99. The fourth-order valence-corrected chi connectivity index (χ4v) is 2.35. The zero-order valence-electron chi connectivity index (χ0n) is 7.33. The first-order valence-electron chi connectivity index (χ1n) is 3.82. The van der Waals surface area contributed by atoms with Gasteiger partial charge in [0.15, 0.2) is 0 Å². The van der Waals surface area contributed by atoms with Crippen LogP contribution >= 0.6 is 19.2 Å². The highest BCUT2D eigenvalue weighted by atomic mass is 35.5. The summed E-state index contributed by atoms with van der Waals surface area (Å²) in [6, 6.07) is 0. The van der Waals surface area contributed by atoms with Crippen molar-refractivity contribution in [3.05, 3.63) is 11.6 Å². The third kappa shape index (κ3) is 4.94. The molecule has 0 fully saturated rings. The van der Waals surface area contributed by atoms with Crippen LogP contribution in [0.2, 0.25) is 0 Å². The summed E-state index contributed by atoms with van der Waals surface area (Å²) in [5.41, 5.74) is 1.31. The monoisotopic (exact) mass is 212 g/mol. The van der Waals surface area contributed by atoms with E-state index in [1.165, 1.54) is 5.54 Å². The molecule has 0 aromatic carbocycles. The van der Waals surface area contributed by atoms with Crippen LogP contribution in [0.4, 0.5) is 0 Å². The zero-order chi connectivity index (χ0) is 9.45. The molecule has 0 spiro atoms. The number of halogens is 1. The van der Waals surface area contributed by atoms with Crippen LogP contribution in [0, 0.1) is 0 Å². The Kier molecular flexibility index (Phi) is 6.77. The van der Waals surface area contributed by atoms with Gasteiger partial charge in [-0.05, 0) is 13.8 Å². The SMILES string of the molecule is CCOP(=O)(C/C=C/Cl)OCC. The second-order valence-corrected chi connectivity index (χ2v) is 4.35. The molecule has 0 N–H and O–H groups in total. The van der Waals surface area contributed by atoms with Crippen molar-refractivity contribution in [2.45, 2.75) is 13.8 Å². The van der Waals surface area contributed by atoms with Crippen LogP contribution in [0.1, 0.15) is 13.8 Å². The van der Waals surface area contributed by atoms with Crippen molar-refractivity contribution >= 4 is 19.2 Å². The van der Waals surface area contributed by atoms with Crippen molar-refractivity contribution in [1.82, 2.24) is 0 Å². The second kappa shape index (κ2) is 6.67. The van der Waals surface area contributed by atoms with Crippen LogP contribution in [0.3, 0.4) is 0 Å². The highest BCUT2D eigenvalue weighted by molar-refractivity contribution is 7.54. The number of allylic oxidation sites excluding steroid dienone is 1. The molecule has 0 aliphatic carbocycles. The summed E-state index contributed by atoms with van der Waals surface area (Å²) in [6.07, 6.45) is 1.80. The van der Waals surface area contributed by atoms with Crippen molar-refractivity contribution in [1.29, 1.82) is 0 Å². The highest BCUT2D eigenvalue weighted by Gasteiger charge is 2.20. The Morgan fingerprint density at radius 1 is 1.33 bits per heavy atom. The van der Waals surface area contributed by atoms with E-state index in [-0.39, 0.29) is 6.16 Å². The fraction of sp³-hybridized carbons (Fsp3) is 0.714. The Balaban J connectivity index is 4.08. The summed E-state index contributed by atoms with van der Waals surface area (Å²) in [5, 5.41) is 0. The van der Waals surface area contributed by atoms with Gasteiger partial charge in [0.2, 0.25) is 0 Å². The van der Waals surface area contributed by atoms with Crippen molar-refractivity contribution in [2.24, 2.45) is 0 Å². The Labute approximate surface area is 78.2 Å². The first-order valence-corrected chi connectivity index (χ1v) is 5.98. The molecule has 0 atom stereocenters. The largest absolute Gasteiger partial charge is 0.334 e. The van der Waals surface area contributed by atoms with Gasteiger partial charge >= 0.3 is 7.60 Å². The molecule has 0 aliphatic rings. The first kappa shape index (κ1) is 12.2. The number of hydrogen-bond acceptors (Lipinski definition) is 3. The molecule has 0 bridgehead atoms. The predicted molar refractivity (Wildman–Crippen MR) is 50.7 cm³/mol. The van der Waals surface area contributed by atoms with E-state index in [1.807, 2.05) is 0 Å². The lowest BCUT2D eigenvalue weighted by Gasteiger charge is -2.14. The summed E-state index contributed by atoms with van der Waals surface area (Å²) < 4.78 is 21.6. The first-order chi connectivity index (χ1) is 5.68. The highest BCUT2D eigenvalue weighted by Crippen LogP contribution is 2.47. The van der Waals surface area contributed by atoms with Gasteiger partial charge in [-0.1, -0.05) is 17.7 Å². The minimum atomic E-state index is -2.91. The topological polar surface area (TPSA) is 35.5 Å². The maximum atomic E-state index is 11.6. The molecule has 12 heavy (non-hydrogen) atoms. The van der Waals surface area contributed by atoms with Crippen LogP contribution in [0.15, 0.2) is 11.6 Å². The van der Waals surface area contributed by atoms with Gasteiger partial charge in [0.05, 0.1) is 19.4 Å². The maximum Gasteiger partial charge on any atom is 0.334 e. The lowest BCUT2D eigenvalue weighted by molar-refractivity contribution is 0.222. The van der Waals surface area contributed by atoms with Gasteiger partial charge in [-0.3, -0.25) is 4.57 Å². The molecule has 72 valence electrons. The number of hydrogen-bond donors (Lipinski definition) is 0. The third-order valence-corrected chi connectivity index (χ3v) is 3.21. The summed E-state index contributed by atoms with van der Waals surface area (Å²) in [6.45, 7) is 4.31. The summed E-state index contributed by atoms with van der Waals surface area (Å²) in [5.74, 6) is 0. The molecule has 0 saturated heterocycles. The zero-order valence-corrected chi connectivity index (χ0v) is 8.98. The van der Waals surface area contributed by atoms with Crippen LogP contribution in [0.5, 0.6) is 0 Å². The van der Waals surface area contributed by atoms with Gasteiger partial charge in [-0.25, -0.2) is 0 Å². The van der Waals surface area contributed by atoms with Gasteiger partial charge < -0.3 is 9.05 Å². The molecule has 5 heteroatoms. The Bertz CT molecular complexity index is 171. The summed E-state index contributed by atoms with van der Waals surface area (Å²) >= 11 is 5.30. The molecule has 0 rings (SSSR count). The van der Waals surface area contributed by atoms with Crippen LogP contribution < -0.4 is 0 Å². The molecule has 0 saturated carbocycles. The van der Waals surface area contributed by atoms with Crippen molar-refractivity contribution in [2.75, 3.05) is 19.4 Å². The van der Waals surface area contributed by atoms with E-state index in [1.54, 1.807) is 19.9 Å². The smallest absolute Gasteiger partial charge is 0.309 e. The van der Waals surface area contributed by atoms with Crippen LogP contribution in [-0.4, -0.2) is 19.4 Å². The molecule has 0 aromatic rings. The van der Waals surface area contributed by atoms with Gasteiger partial charge in [0, 0.05) is 5.54 Å². The molecular weight excluding hydrogens is 199 g/mol. The minimum absolute atomic E-state index is 0.234. The Morgan fingerprint density at radius 2 is 1.83 bits per heavy atom. The Hall–Kier alpha value is 0.180. The van der Waals surface area contributed by atoms with Gasteiger partial charge in [-0.2, -0.15) is 0 Å². The quantitative estimate of drug-likeness (QED) is 0.635. The van der Waals surface area contributed by atoms with E-state index in [9.17, 15) is 4.57 Å². The molecule has 0 radical (unpaired) electrons. The Morgan fingerprint density at radius 3 is 2.17 bits per heavy atom. The van der Waals surface area contributed by atoms with E-state index in [4.69, 9.17) is 20.6 Å². The average molecular weight is 213 g/mol. The van der Waals surface area contributed by atoms with Crippen molar-refractivity contribution < 1.29 is 13.6 Å². The average Bonchev–Trinajstić information content (AvgIpc) is 2.02. The molecule has 0 aliphatic heterocycles. The van der Waals surface area contributed by atoms with Gasteiger partial charge in [0.1, 0.15) is 0 Å². The van der Waals surface area contributed by atoms with E-state index in [2.05, 4.69) is 0 Å². The third-order valence-electron chi connectivity index (χ3n) is 1.07. The maximum absolute atomic E-state index is 11.6. The minimum Gasteiger partial charge on any atom is -0.309 e. The molecule has 0 heterocycles. The lowest BCUT2D eigenvalue weighted by atomic mass is 10.8. The van der Waals surface area contributed by atoms with E-state index < -0.39 is 7.60 Å². The van der Waals surface area contributed by atoms with E-state index >= 15 is 0 Å². The van der Waals surface area contributed by atoms with E-state index in [0.29, 0.717) is 13.2 Å². The normalized spacial score (nSPS) is 12.6. The van der Waals surface area contributed by atoms with Crippen molar-refractivity contribution in [3.63, 3.8) is 0 Å². The van der Waals surface area contributed by atoms with Gasteiger partial charge in [-0.15, -0.1) is 0 Å². The predicted octanol–water partition coefficient (Wildman–Crippen LogP) is 3.01. The van der Waals surface area contributed by atoms with Gasteiger partial charge in [0.25, 0.3) is 0 Å². The van der Waals surface area contributed by atoms with Crippen LogP contribution in [-0.2, 0) is 13.6 Å². The lowest BCUT2D eigenvalue weighted by Crippen LogP contribution is -1.97. The van der Waals surface area contributed by atoms with Crippen molar-refractivity contribution in [3.8, 4) is 0 Å². The molecular formula is C7H14ClO3P. The molecule has 0 aromatic heterocycles. The van der Waals surface area contributed by atoms with Crippen LogP contribution in [0.25, 0.3) is 0 Å².